The number of esters is 2. The van der Waals surface area contributed by atoms with Gasteiger partial charge in [-0.2, -0.15) is 0 Å². The van der Waals surface area contributed by atoms with Crippen LogP contribution in [-0.4, -0.2) is 66.6 Å². The second-order valence-corrected chi connectivity index (χ2v) is 10.6. The van der Waals surface area contributed by atoms with Crippen molar-refractivity contribution in [3.05, 3.63) is 65.7 Å². The number of nitrogens with one attached hydrogen (secondary N) is 1. The fourth-order valence-electron chi connectivity index (χ4n) is 3.76. The third-order valence-corrected chi connectivity index (χ3v) is 6.12. The first-order valence-electron chi connectivity index (χ1n) is 11.7. The molecule has 3 rings (SSSR count). The standard InChI is InChI=1S/C26H28Cl3NO9/c1-15(31)37-22-20(36-13-16-7-5-4-6-8-16)19(35-14-17-9-11-18(33-2)12-10-17)21(23(32)34-3)38-24(22)39-25(30)26(27,28)29/h4-12,19-22,24,30H,13-14H2,1-3H3/t19-,20-,21+,22+,24-/m0/s1. The highest BCUT2D eigenvalue weighted by Crippen LogP contribution is 2.34. The molecule has 1 fully saturated rings. The number of hydrogen-bond donors (Lipinski definition) is 1. The Bertz CT molecular complexity index is 1110. The maximum Gasteiger partial charge on any atom is 0.338 e. The van der Waals surface area contributed by atoms with Crippen LogP contribution in [0.5, 0.6) is 5.75 Å². The summed E-state index contributed by atoms with van der Waals surface area (Å²) in [7, 11) is 2.72. The van der Waals surface area contributed by atoms with Gasteiger partial charge >= 0.3 is 11.9 Å². The summed E-state index contributed by atoms with van der Waals surface area (Å²) in [5.74, 6) is -1.70. The van der Waals surface area contributed by atoms with Crippen LogP contribution >= 0.6 is 34.8 Å². The van der Waals surface area contributed by atoms with Gasteiger partial charge in [0.05, 0.1) is 27.4 Å². The fraction of sp³-hybridized carbons (Fsp3) is 0.423. The van der Waals surface area contributed by atoms with Crippen LogP contribution in [0.15, 0.2) is 54.6 Å². The second-order valence-electron chi connectivity index (χ2n) is 8.35. The molecule has 1 N–H and O–H groups in total. The van der Waals surface area contributed by atoms with E-state index in [9.17, 15) is 9.59 Å². The van der Waals surface area contributed by atoms with Gasteiger partial charge in [-0.05, 0) is 23.3 Å². The van der Waals surface area contributed by atoms with Crippen LogP contribution < -0.4 is 4.74 Å². The molecule has 0 radical (unpaired) electrons. The van der Waals surface area contributed by atoms with Crippen molar-refractivity contribution >= 4 is 52.6 Å². The van der Waals surface area contributed by atoms with Gasteiger partial charge in [-0.15, -0.1) is 0 Å². The highest BCUT2D eigenvalue weighted by molar-refractivity contribution is 6.76. The van der Waals surface area contributed by atoms with E-state index >= 15 is 0 Å². The Kier molecular flexibility index (Phi) is 11.2. The molecule has 1 heterocycles. The lowest BCUT2D eigenvalue weighted by Crippen LogP contribution is -2.63. The predicted molar refractivity (Wildman–Crippen MR) is 142 cm³/mol. The molecule has 0 saturated carbocycles. The summed E-state index contributed by atoms with van der Waals surface area (Å²) in [5, 5.41) is 8.01. The summed E-state index contributed by atoms with van der Waals surface area (Å²) in [5.41, 5.74) is 1.54. The molecule has 212 valence electrons. The van der Waals surface area contributed by atoms with Gasteiger partial charge in [0.15, 0.2) is 12.2 Å². The van der Waals surface area contributed by atoms with Crippen molar-refractivity contribution < 1.29 is 42.7 Å². The molecule has 0 aliphatic carbocycles. The summed E-state index contributed by atoms with van der Waals surface area (Å²) in [4.78, 5) is 25.0. The van der Waals surface area contributed by atoms with E-state index in [1.807, 2.05) is 30.3 Å². The quantitative estimate of drug-likeness (QED) is 0.182. The lowest BCUT2D eigenvalue weighted by molar-refractivity contribution is -0.297. The van der Waals surface area contributed by atoms with Crippen molar-refractivity contribution in [3.63, 3.8) is 0 Å². The molecular formula is C26H28Cl3NO9. The van der Waals surface area contributed by atoms with E-state index in [1.54, 1.807) is 31.4 Å². The lowest BCUT2D eigenvalue weighted by atomic mass is 9.97. The maximum absolute atomic E-state index is 12.9. The van der Waals surface area contributed by atoms with E-state index in [0.29, 0.717) is 5.75 Å². The van der Waals surface area contributed by atoms with Crippen LogP contribution in [0, 0.1) is 5.41 Å². The van der Waals surface area contributed by atoms with Gasteiger partial charge in [0.1, 0.15) is 18.0 Å². The molecular weight excluding hydrogens is 577 g/mol. The smallest absolute Gasteiger partial charge is 0.338 e. The normalized spacial score (nSPS) is 23.0. The van der Waals surface area contributed by atoms with E-state index in [0.717, 1.165) is 11.1 Å². The zero-order chi connectivity index (χ0) is 28.6. The predicted octanol–water partition coefficient (Wildman–Crippen LogP) is 4.36. The minimum Gasteiger partial charge on any atom is -0.497 e. The average molecular weight is 605 g/mol. The zero-order valence-electron chi connectivity index (χ0n) is 21.3. The second kappa shape index (κ2) is 14.2. The van der Waals surface area contributed by atoms with E-state index < -0.39 is 52.3 Å². The summed E-state index contributed by atoms with van der Waals surface area (Å²) in [6.07, 6.45) is -6.62. The Balaban J connectivity index is 1.98. The molecule has 10 nitrogen and oxygen atoms in total. The molecule has 0 amide bonds. The van der Waals surface area contributed by atoms with Crippen LogP contribution in [0.2, 0.25) is 0 Å². The first-order valence-corrected chi connectivity index (χ1v) is 12.8. The molecule has 1 aliphatic heterocycles. The Hall–Kier alpha value is -2.60. The summed E-state index contributed by atoms with van der Waals surface area (Å²) < 4.78 is 37.0. The van der Waals surface area contributed by atoms with E-state index in [4.69, 9.17) is 73.4 Å². The van der Waals surface area contributed by atoms with Gasteiger partial charge in [0, 0.05) is 6.92 Å². The average Bonchev–Trinajstić information content (AvgIpc) is 2.91. The van der Waals surface area contributed by atoms with Gasteiger partial charge in [0.2, 0.25) is 12.2 Å². The van der Waals surface area contributed by atoms with E-state index in [1.165, 1.54) is 14.0 Å². The van der Waals surface area contributed by atoms with E-state index in [-0.39, 0.29) is 13.2 Å². The van der Waals surface area contributed by atoms with Crippen molar-refractivity contribution in [2.45, 2.75) is 54.6 Å². The minimum atomic E-state index is -2.26. The van der Waals surface area contributed by atoms with Crippen molar-refractivity contribution in [2.24, 2.45) is 0 Å². The first kappa shape index (κ1) is 30.9. The molecule has 1 aliphatic rings. The summed E-state index contributed by atoms with van der Waals surface area (Å²) in [6.45, 7) is 1.25. The number of hydrogen-bond acceptors (Lipinski definition) is 10. The number of benzene rings is 2. The largest absolute Gasteiger partial charge is 0.497 e. The molecule has 13 heteroatoms. The molecule has 5 atom stereocenters. The highest BCUT2D eigenvalue weighted by Gasteiger charge is 2.54. The monoisotopic (exact) mass is 603 g/mol. The number of carbonyl (C=O) groups is 2. The molecule has 0 aromatic heterocycles. The molecule has 39 heavy (non-hydrogen) atoms. The minimum absolute atomic E-state index is 0.0268. The number of rotatable bonds is 10. The Labute approximate surface area is 240 Å². The topological polar surface area (TPSA) is 123 Å². The van der Waals surface area contributed by atoms with Gasteiger partial charge in [-0.1, -0.05) is 77.3 Å². The number of halogens is 3. The van der Waals surface area contributed by atoms with Gasteiger partial charge < -0.3 is 33.2 Å². The lowest BCUT2D eigenvalue weighted by Gasteiger charge is -2.44. The van der Waals surface area contributed by atoms with Gasteiger partial charge in [-0.25, -0.2) is 4.79 Å². The highest BCUT2D eigenvalue weighted by atomic mass is 35.6. The zero-order valence-corrected chi connectivity index (χ0v) is 23.6. The fourth-order valence-corrected chi connectivity index (χ4v) is 3.90. The SMILES string of the molecule is COC(=O)[C@@H]1O[C@@H](OC(=N)C(Cl)(Cl)Cl)[C@H](OC(C)=O)[C@@H](OCc2ccccc2)[C@@H]1OCc1ccc(OC)cc1. The third-order valence-electron chi connectivity index (χ3n) is 5.61. The van der Waals surface area contributed by atoms with Crippen LogP contribution in [-0.2, 0) is 51.2 Å². The molecule has 0 bridgehead atoms. The Morgan fingerprint density at radius 1 is 0.872 bits per heavy atom. The molecule has 0 unspecified atom stereocenters. The van der Waals surface area contributed by atoms with Crippen molar-refractivity contribution in [2.75, 3.05) is 14.2 Å². The van der Waals surface area contributed by atoms with Crippen LogP contribution in [0.1, 0.15) is 18.1 Å². The van der Waals surface area contributed by atoms with Crippen molar-refractivity contribution in [1.82, 2.24) is 0 Å². The molecule has 2 aromatic rings. The Morgan fingerprint density at radius 2 is 1.46 bits per heavy atom. The van der Waals surface area contributed by atoms with Gasteiger partial charge in [-0.3, -0.25) is 10.2 Å². The number of alkyl halides is 3. The van der Waals surface area contributed by atoms with Crippen LogP contribution in [0.25, 0.3) is 0 Å². The third kappa shape index (κ3) is 8.69. The molecule has 1 saturated heterocycles. The molecule has 0 spiro atoms. The molecule has 2 aromatic carbocycles. The van der Waals surface area contributed by atoms with Crippen LogP contribution in [0.3, 0.4) is 0 Å². The maximum atomic E-state index is 12.9. The Morgan fingerprint density at radius 3 is 2.00 bits per heavy atom. The van der Waals surface area contributed by atoms with Crippen molar-refractivity contribution in [1.29, 1.82) is 5.41 Å². The number of ether oxygens (including phenoxy) is 7. The first-order chi connectivity index (χ1) is 18.5. The summed E-state index contributed by atoms with van der Waals surface area (Å²) in [6, 6.07) is 16.2. The summed E-state index contributed by atoms with van der Waals surface area (Å²) >= 11 is 17.4. The van der Waals surface area contributed by atoms with E-state index in [2.05, 4.69) is 0 Å². The van der Waals surface area contributed by atoms with Crippen molar-refractivity contribution in [3.8, 4) is 5.75 Å². The van der Waals surface area contributed by atoms with Gasteiger partial charge in [0.25, 0.3) is 3.79 Å². The van der Waals surface area contributed by atoms with Crippen LogP contribution in [0.4, 0.5) is 0 Å². The number of carbonyl (C=O) groups excluding carboxylic acids is 2. The number of methoxy groups -OCH3 is 2.